The number of nitrogens with zero attached hydrogens (tertiary/aromatic N) is 1. The number of benzene rings is 1. The van der Waals surface area contributed by atoms with E-state index in [0.717, 1.165) is 11.5 Å². The molecule has 0 saturated heterocycles. The minimum atomic E-state index is -0.240. The number of quaternary nitrogens is 1. The highest BCUT2D eigenvalue weighted by molar-refractivity contribution is 6.61. The Labute approximate surface area is 132 Å². The average molecular weight is 294 g/mol. The van der Waals surface area contributed by atoms with Crippen LogP contribution in [0.1, 0.15) is 34.1 Å². The van der Waals surface area contributed by atoms with Crippen LogP contribution in [0, 0.1) is 0 Å². The van der Waals surface area contributed by atoms with Crippen molar-refractivity contribution < 1.29 is 13.8 Å². The van der Waals surface area contributed by atoms with Crippen LogP contribution in [0.25, 0.3) is 0 Å². The SMILES string of the molecule is CCC(C)[N+](C)(CC)CC.COB(OC)c1ccccc1. The predicted octanol–water partition coefficient (Wildman–Crippen LogP) is 2.95. The number of hydrogen-bond acceptors (Lipinski definition) is 2. The van der Waals surface area contributed by atoms with Crippen LogP contribution in [0.3, 0.4) is 0 Å². The molecule has 0 aliphatic carbocycles. The van der Waals surface area contributed by atoms with E-state index in [1.165, 1.54) is 24.0 Å². The van der Waals surface area contributed by atoms with Gasteiger partial charge in [-0.25, -0.2) is 0 Å². The molecule has 0 heterocycles. The Morgan fingerprint density at radius 2 is 1.48 bits per heavy atom. The molecule has 3 nitrogen and oxygen atoms in total. The first-order valence-electron chi connectivity index (χ1n) is 7.93. The van der Waals surface area contributed by atoms with E-state index in [4.69, 9.17) is 9.31 Å². The maximum absolute atomic E-state index is 5.06. The van der Waals surface area contributed by atoms with Crippen LogP contribution in [0.5, 0.6) is 0 Å². The van der Waals surface area contributed by atoms with Crippen LogP contribution < -0.4 is 5.46 Å². The summed E-state index contributed by atoms with van der Waals surface area (Å²) in [5.41, 5.74) is 1.04. The van der Waals surface area contributed by atoms with Crippen LogP contribution in [-0.4, -0.2) is 52.0 Å². The number of rotatable bonds is 7. The molecule has 0 aromatic heterocycles. The van der Waals surface area contributed by atoms with Gasteiger partial charge in [-0.15, -0.1) is 0 Å². The van der Waals surface area contributed by atoms with Gasteiger partial charge in [-0.05, 0) is 32.7 Å². The Kier molecular flexibility index (Phi) is 10.4. The summed E-state index contributed by atoms with van der Waals surface area (Å²) in [4.78, 5) is 0. The fourth-order valence-electron chi connectivity index (χ4n) is 2.27. The van der Waals surface area contributed by atoms with E-state index in [1.807, 2.05) is 30.3 Å². The third kappa shape index (κ3) is 6.64. The van der Waals surface area contributed by atoms with Gasteiger partial charge in [-0.1, -0.05) is 37.3 Å². The lowest BCUT2D eigenvalue weighted by atomic mass is 9.79. The van der Waals surface area contributed by atoms with Crippen LogP contribution in [0.4, 0.5) is 0 Å². The van der Waals surface area contributed by atoms with Crippen molar-refractivity contribution in [2.45, 2.75) is 40.2 Å². The quantitative estimate of drug-likeness (QED) is 0.568. The van der Waals surface area contributed by atoms with Gasteiger partial charge in [0.25, 0.3) is 0 Å². The summed E-state index contributed by atoms with van der Waals surface area (Å²) >= 11 is 0. The van der Waals surface area contributed by atoms with Gasteiger partial charge >= 0.3 is 7.12 Å². The minimum absolute atomic E-state index is 0.240. The Hall–Kier alpha value is -0.835. The molecule has 0 N–H and O–H groups in total. The fraction of sp³-hybridized carbons (Fsp3) is 0.647. The van der Waals surface area contributed by atoms with Gasteiger partial charge in [0.05, 0.1) is 26.2 Å². The molecule has 0 bridgehead atoms. The largest absolute Gasteiger partial charge is 0.493 e. The molecule has 120 valence electrons. The highest BCUT2D eigenvalue weighted by Gasteiger charge is 2.22. The Morgan fingerprint density at radius 3 is 1.76 bits per heavy atom. The summed E-state index contributed by atoms with van der Waals surface area (Å²) in [5.74, 6) is 0. The first-order valence-corrected chi connectivity index (χ1v) is 7.93. The van der Waals surface area contributed by atoms with Crippen LogP contribution in [0.2, 0.25) is 0 Å². The van der Waals surface area contributed by atoms with E-state index in [-0.39, 0.29) is 7.12 Å². The van der Waals surface area contributed by atoms with Crippen molar-refractivity contribution in [2.75, 3.05) is 34.4 Å². The molecule has 1 aromatic rings. The first kappa shape index (κ1) is 20.2. The highest BCUT2D eigenvalue weighted by Crippen LogP contribution is 2.11. The number of hydrogen-bond donors (Lipinski definition) is 0. The molecule has 4 heteroatoms. The van der Waals surface area contributed by atoms with E-state index in [2.05, 4.69) is 34.7 Å². The van der Waals surface area contributed by atoms with Gasteiger partial charge in [0.1, 0.15) is 0 Å². The average Bonchev–Trinajstić information content (AvgIpc) is 2.56. The molecule has 1 aromatic carbocycles. The van der Waals surface area contributed by atoms with E-state index < -0.39 is 0 Å². The molecule has 0 aliphatic heterocycles. The Bertz CT molecular complexity index is 351. The van der Waals surface area contributed by atoms with E-state index >= 15 is 0 Å². The summed E-state index contributed by atoms with van der Waals surface area (Å²) in [6, 6.07) is 10.6. The lowest BCUT2D eigenvalue weighted by molar-refractivity contribution is -0.928. The van der Waals surface area contributed by atoms with E-state index in [1.54, 1.807) is 14.2 Å². The van der Waals surface area contributed by atoms with Crippen molar-refractivity contribution in [2.24, 2.45) is 0 Å². The fourth-order valence-corrected chi connectivity index (χ4v) is 2.27. The molecule has 21 heavy (non-hydrogen) atoms. The van der Waals surface area contributed by atoms with Crippen molar-refractivity contribution in [3.63, 3.8) is 0 Å². The van der Waals surface area contributed by atoms with E-state index in [9.17, 15) is 0 Å². The molecular weight excluding hydrogens is 261 g/mol. The molecule has 1 atom stereocenters. The lowest BCUT2D eigenvalue weighted by Gasteiger charge is -2.37. The van der Waals surface area contributed by atoms with Crippen molar-refractivity contribution >= 4 is 12.6 Å². The molecule has 0 spiro atoms. The molecule has 1 rings (SSSR count). The maximum Gasteiger partial charge on any atom is 0.493 e. The molecular formula is C17H33BNO2+. The van der Waals surface area contributed by atoms with Crippen molar-refractivity contribution in [3.05, 3.63) is 30.3 Å². The van der Waals surface area contributed by atoms with Crippen molar-refractivity contribution in [1.29, 1.82) is 0 Å². The van der Waals surface area contributed by atoms with E-state index in [0.29, 0.717) is 0 Å². The molecule has 0 radical (unpaired) electrons. The zero-order valence-electron chi connectivity index (χ0n) is 14.9. The summed E-state index contributed by atoms with van der Waals surface area (Å²) < 4.78 is 11.3. The van der Waals surface area contributed by atoms with Crippen molar-refractivity contribution in [3.8, 4) is 0 Å². The lowest BCUT2D eigenvalue weighted by Crippen LogP contribution is -2.50. The second-order valence-electron chi connectivity index (χ2n) is 5.58. The second-order valence-corrected chi connectivity index (χ2v) is 5.58. The zero-order valence-corrected chi connectivity index (χ0v) is 14.9. The summed E-state index contributed by atoms with van der Waals surface area (Å²) in [5, 5.41) is 0. The zero-order chi connectivity index (χ0) is 16.3. The standard InChI is InChI=1S/C9H22N.C8H11BO2/c1-6-9(4)10(5,7-2)8-3;1-10-9(11-2)8-6-4-3-5-7-8/h9H,6-8H2,1-5H3;3-7H,1-2H3/q+1;. The normalized spacial score (nSPS) is 12.3. The summed E-state index contributed by atoms with van der Waals surface area (Å²) in [6.07, 6.45) is 1.29. The summed E-state index contributed by atoms with van der Waals surface area (Å²) in [7, 11) is 5.35. The summed E-state index contributed by atoms with van der Waals surface area (Å²) in [6.45, 7) is 11.7. The van der Waals surface area contributed by atoms with Crippen LogP contribution >= 0.6 is 0 Å². The maximum atomic E-state index is 5.06. The second kappa shape index (κ2) is 10.8. The smallest absolute Gasteiger partial charge is 0.410 e. The Balaban J connectivity index is 0.000000384. The third-order valence-corrected chi connectivity index (χ3v) is 4.60. The third-order valence-electron chi connectivity index (χ3n) is 4.60. The van der Waals surface area contributed by atoms with Crippen LogP contribution in [-0.2, 0) is 9.31 Å². The van der Waals surface area contributed by atoms with Gasteiger partial charge in [0.15, 0.2) is 0 Å². The topological polar surface area (TPSA) is 18.5 Å². The van der Waals surface area contributed by atoms with Crippen LogP contribution in [0.15, 0.2) is 30.3 Å². The molecule has 0 amide bonds. The van der Waals surface area contributed by atoms with Gasteiger partial charge in [0.2, 0.25) is 0 Å². The predicted molar refractivity (Wildman–Crippen MR) is 92.9 cm³/mol. The monoisotopic (exact) mass is 294 g/mol. The molecule has 0 saturated carbocycles. The highest BCUT2D eigenvalue weighted by atomic mass is 16.6. The molecule has 0 aliphatic rings. The first-order chi connectivity index (χ1) is 9.98. The minimum Gasteiger partial charge on any atom is -0.410 e. The Morgan fingerprint density at radius 1 is 1.00 bits per heavy atom. The molecule has 1 unspecified atom stereocenters. The van der Waals surface area contributed by atoms with Gasteiger partial charge in [-0.3, -0.25) is 0 Å². The van der Waals surface area contributed by atoms with Crippen molar-refractivity contribution in [1.82, 2.24) is 0 Å². The van der Waals surface area contributed by atoms with Gasteiger partial charge in [-0.2, -0.15) is 0 Å². The molecule has 0 fully saturated rings. The van der Waals surface area contributed by atoms with Gasteiger partial charge in [0, 0.05) is 14.2 Å². The van der Waals surface area contributed by atoms with Gasteiger partial charge < -0.3 is 13.8 Å².